The minimum absolute atomic E-state index is 1.00. The van der Waals surface area contributed by atoms with Crippen LogP contribution in [0, 0.1) is 6.92 Å². The minimum Gasteiger partial charge on any atom is -0.241 e. The van der Waals surface area contributed by atoms with E-state index in [4.69, 9.17) is 4.98 Å². The number of nitrogens with zero attached hydrogens (tertiary/aromatic N) is 2. The summed E-state index contributed by atoms with van der Waals surface area (Å²) in [6.45, 7) is 2.13. The second-order valence-electron chi connectivity index (χ2n) is 4.84. The van der Waals surface area contributed by atoms with Gasteiger partial charge >= 0.3 is 0 Å². The van der Waals surface area contributed by atoms with Crippen LogP contribution in [-0.4, -0.2) is 9.97 Å². The molecule has 0 aliphatic carbocycles. The maximum absolute atomic E-state index is 4.73. The van der Waals surface area contributed by atoms with E-state index in [-0.39, 0.29) is 0 Å². The molecule has 2 aromatic carbocycles. The Balaban J connectivity index is 1.76. The first kappa shape index (κ1) is 12.8. The molecule has 4 heteroatoms. The molecule has 2 aromatic heterocycles. The van der Waals surface area contributed by atoms with Crippen LogP contribution in [-0.2, 0) is 0 Å². The molecule has 0 bridgehead atoms. The van der Waals surface area contributed by atoms with Gasteiger partial charge in [0.1, 0.15) is 5.03 Å². The van der Waals surface area contributed by atoms with Crippen molar-refractivity contribution >= 4 is 44.2 Å². The molecule has 0 unspecified atom stereocenters. The second kappa shape index (κ2) is 5.13. The van der Waals surface area contributed by atoms with Crippen LogP contribution in [0.5, 0.6) is 0 Å². The van der Waals surface area contributed by atoms with E-state index >= 15 is 0 Å². The van der Waals surface area contributed by atoms with E-state index in [0.717, 1.165) is 20.4 Å². The van der Waals surface area contributed by atoms with Gasteiger partial charge in [-0.2, -0.15) is 0 Å². The van der Waals surface area contributed by atoms with E-state index in [1.807, 2.05) is 18.2 Å². The minimum atomic E-state index is 1.00. The zero-order valence-corrected chi connectivity index (χ0v) is 13.0. The van der Waals surface area contributed by atoms with Crippen molar-refractivity contribution in [3.05, 3.63) is 60.2 Å². The number of rotatable bonds is 2. The number of aromatic nitrogens is 2. The van der Waals surface area contributed by atoms with Crippen LogP contribution < -0.4 is 0 Å². The Morgan fingerprint density at radius 1 is 0.905 bits per heavy atom. The smallest absolute Gasteiger partial charge is 0.157 e. The number of benzene rings is 2. The van der Waals surface area contributed by atoms with E-state index in [2.05, 4.69) is 48.3 Å². The maximum atomic E-state index is 4.73. The Bertz CT molecular complexity index is 911. The predicted molar refractivity (Wildman–Crippen MR) is 90.2 cm³/mol. The standard InChI is InChI=1S/C17H12N2S2/c1-11-10-16(18-13-7-3-2-6-12(11)13)21-17-19-14-8-4-5-9-15(14)20-17/h2-10H,1H3. The van der Waals surface area contributed by atoms with Gasteiger partial charge in [-0.25, -0.2) is 9.97 Å². The van der Waals surface area contributed by atoms with Gasteiger partial charge in [0.05, 0.1) is 15.7 Å². The highest BCUT2D eigenvalue weighted by molar-refractivity contribution is 8.01. The summed E-state index contributed by atoms with van der Waals surface area (Å²) in [5, 5.41) is 2.22. The van der Waals surface area contributed by atoms with Gasteiger partial charge in [0.2, 0.25) is 0 Å². The van der Waals surface area contributed by atoms with Gasteiger partial charge in [-0.1, -0.05) is 30.3 Å². The lowest BCUT2D eigenvalue weighted by atomic mass is 10.1. The Labute approximate surface area is 130 Å². The average molecular weight is 308 g/mol. The zero-order valence-electron chi connectivity index (χ0n) is 11.4. The number of fused-ring (bicyclic) bond motifs is 2. The topological polar surface area (TPSA) is 25.8 Å². The van der Waals surface area contributed by atoms with Crippen molar-refractivity contribution < 1.29 is 0 Å². The Morgan fingerprint density at radius 3 is 2.52 bits per heavy atom. The molecule has 0 aliphatic rings. The SMILES string of the molecule is Cc1cc(Sc2nc3ccccc3s2)nc2ccccc12. The fourth-order valence-electron chi connectivity index (χ4n) is 2.36. The molecule has 0 radical (unpaired) electrons. The maximum Gasteiger partial charge on any atom is 0.157 e. The third-order valence-electron chi connectivity index (χ3n) is 3.37. The van der Waals surface area contributed by atoms with E-state index < -0.39 is 0 Å². The normalized spacial score (nSPS) is 11.3. The van der Waals surface area contributed by atoms with Crippen LogP contribution in [0.2, 0.25) is 0 Å². The van der Waals surface area contributed by atoms with Crippen molar-refractivity contribution in [2.24, 2.45) is 0 Å². The van der Waals surface area contributed by atoms with Crippen molar-refractivity contribution in [3.63, 3.8) is 0 Å². The molecule has 0 aliphatic heterocycles. The number of thiazole rings is 1. The van der Waals surface area contributed by atoms with E-state index in [1.54, 1.807) is 23.1 Å². The molecule has 0 fully saturated rings. The molecule has 0 saturated carbocycles. The van der Waals surface area contributed by atoms with Crippen molar-refractivity contribution in [2.75, 3.05) is 0 Å². The van der Waals surface area contributed by atoms with Gasteiger partial charge in [0.25, 0.3) is 0 Å². The molecule has 4 aromatic rings. The summed E-state index contributed by atoms with van der Waals surface area (Å²) >= 11 is 3.35. The molecule has 2 heterocycles. The van der Waals surface area contributed by atoms with Crippen LogP contribution in [0.4, 0.5) is 0 Å². The largest absolute Gasteiger partial charge is 0.241 e. The molecule has 0 atom stereocenters. The summed E-state index contributed by atoms with van der Waals surface area (Å²) in [5.41, 5.74) is 3.35. The van der Waals surface area contributed by atoms with Crippen LogP contribution in [0.1, 0.15) is 5.56 Å². The highest BCUT2D eigenvalue weighted by Gasteiger charge is 2.08. The lowest BCUT2D eigenvalue weighted by molar-refractivity contribution is 1.16. The Kier molecular flexibility index (Phi) is 3.13. The number of pyridine rings is 1. The molecule has 0 saturated heterocycles. The van der Waals surface area contributed by atoms with Gasteiger partial charge < -0.3 is 0 Å². The van der Waals surface area contributed by atoms with Gasteiger partial charge in [-0.3, -0.25) is 0 Å². The number of hydrogen-bond donors (Lipinski definition) is 0. The molecule has 0 amide bonds. The van der Waals surface area contributed by atoms with E-state index in [1.165, 1.54) is 15.6 Å². The highest BCUT2D eigenvalue weighted by Crippen LogP contribution is 2.34. The Hall–Kier alpha value is -1.91. The highest BCUT2D eigenvalue weighted by atomic mass is 32.2. The zero-order chi connectivity index (χ0) is 14.2. The number of hydrogen-bond acceptors (Lipinski definition) is 4. The summed E-state index contributed by atoms with van der Waals surface area (Å²) in [5.74, 6) is 0. The lowest BCUT2D eigenvalue weighted by Crippen LogP contribution is -1.86. The van der Waals surface area contributed by atoms with Crippen molar-refractivity contribution in [3.8, 4) is 0 Å². The molecule has 102 valence electrons. The lowest BCUT2D eigenvalue weighted by Gasteiger charge is -2.04. The second-order valence-corrected chi connectivity index (χ2v) is 7.14. The molecular weight excluding hydrogens is 296 g/mol. The van der Waals surface area contributed by atoms with Crippen molar-refractivity contribution in [1.29, 1.82) is 0 Å². The molecule has 2 nitrogen and oxygen atoms in total. The fraction of sp³-hybridized carbons (Fsp3) is 0.0588. The summed E-state index contributed by atoms with van der Waals surface area (Å²) in [7, 11) is 0. The predicted octanol–water partition coefficient (Wildman–Crippen LogP) is 5.30. The van der Waals surface area contributed by atoms with Crippen LogP contribution in [0.3, 0.4) is 0 Å². The third kappa shape index (κ3) is 2.41. The van der Waals surface area contributed by atoms with Crippen molar-refractivity contribution in [2.45, 2.75) is 16.3 Å². The van der Waals surface area contributed by atoms with Crippen LogP contribution in [0.15, 0.2) is 64.0 Å². The van der Waals surface area contributed by atoms with Crippen LogP contribution >= 0.6 is 23.1 Å². The quantitative estimate of drug-likeness (QED) is 0.502. The molecule has 21 heavy (non-hydrogen) atoms. The van der Waals surface area contributed by atoms with E-state index in [9.17, 15) is 0 Å². The first-order valence-corrected chi connectivity index (χ1v) is 8.33. The van der Waals surface area contributed by atoms with Gasteiger partial charge in [-0.15, -0.1) is 11.3 Å². The first-order chi connectivity index (χ1) is 10.3. The monoisotopic (exact) mass is 308 g/mol. The molecular formula is C17H12N2S2. The average Bonchev–Trinajstić information content (AvgIpc) is 2.89. The van der Waals surface area contributed by atoms with Gasteiger partial charge in [0.15, 0.2) is 4.34 Å². The Morgan fingerprint density at radius 2 is 1.67 bits per heavy atom. The molecule has 0 spiro atoms. The molecule has 0 N–H and O–H groups in total. The van der Waals surface area contributed by atoms with Gasteiger partial charge in [-0.05, 0) is 48.5 Å². The summed E-state index contributed by atoms with van der Waals surface area (Å²) in [4.78, 5) is 9.39. The fourth-order valence-corrected chi connectivity index (χ4v) is 4.45. The van der Waals surface area contributed by atoms with Crippen LogP contribution in [0.25, 0.3) is 21.1 Å². The molecule has 4 rings (SSSR count). The van der Waals surface area contributed by atoms with Gasteiger partial charge in [0, 0.05) is 5.39 Å². The summed E-state index contributed by atoms with van der Waals surface area (Å²) < 4.78 is 2.26. The third-order valence-corrected chi connectivity index (χ3v) is 5.38. The number of para-hydroxylation sites is 2. The van der Waals surface area contributed by atoms with E-state index in [0.29, 0.717) is 0 Å². The first-order valence-electron chi connectivity index (χ1n) is 6.69. The van der Waals surface area contributed by atoms with Crippen molar-refractivity contribution in [1.82, 2.24) is 9.97 Å². The number of aryl methyl sites for hydroxylation is 1. The summed E-state index contributed by atoms with van der Waals surface area (Å²) in [6.07, 6.45) is 0. The summed E-state index contributed by atoms with van der Waals surface area (Å²) in [6, 6.07) is 18.6.